The molecule has 0 unspecified atom stereocenters. The summed E-state index contributed by atoms with van der Waals surface area (Å²) in [5.74, 6) is -8.28. The normalized spacial score (nSPS) is 11.7. The van der Waals surface area contributed by atoms with Crippen LogP contribution in [0, 0.1) is 32.5 Å². The molecule has 0 aliphatic carbocycles. The second kappa shape index (κ2) is 40.6. The number of amides is 8. The highest BCUT2D eigenvalue weighted by atomic mass is 16.5. The number of hydrogen-bond donors (Lipinski definition) is 27. The zero-order chi connectivity index (χ0) is 73.1. The summed E-state index contributed by atoms with van der Waals surface area (Å²) in [7, 11) is 2.59. The molecule has 0 aromatic heterocycles. The molecule has 8 amide bonds. The average Bonchev–Trinajstić information content (AvgIpc) is 0.840. The Morgan fingerprint density at radius 1 is 0.364 bits per heavy atom. The number of nitrogens with one attached hydrogen (secondary N) is 19. The second-order valence-corrected chi connectivity index (χ2v) is 21.6. The molecule has 0 aliphatic rings. The van der Waals surface area contributed by atoms with E-state index in [0.717, 1.165) is 0 Å². The molecule has 0 bridgehead atoms. The number of ether oxygens (including phenoxy) is 4. The van der Waals surface area contributed by atoms with Crippen molar-refractivity contribution in [1.82, 2.24) is 47.9 Å². The first-order valence-corrected chi connectivity index (χ1v) is 30.7. The molecule has 4 aromatic carbocycles. The molecule has 39 nitrogen and oxygen atoms in total. The number of methoxy groups -OCH3 is 2. The number of hydrogen-bond acceptors (Lipinski definition) is 19. The Kier molecular flexibility index (Phi) is 32.4. The van der Waals surface area contributed by atoms with E-state index in [1.54, 1.807) is 0 Å². The van der Waals surface area contributed by atoms with Crippen LogP contribution in [0.1, 0.15) is 92.8 Å². The minimum atomic E-state index is -1.39. The SMILES string of the molecule is COc1ccc(NC(=O)[C@H](N)CCCNC(=N)N)cc1C(=O)N[C@H](CCCNC(=N)N)C(=O)Nc1ccc(OC)c(C(=O)N[C@H](CCCNC(=N)N)C(=O)Nc2ccc(OCCNC(=N)N)c(C(=O)N[C@H](CCCNC(=N)N)C(=O)Nc3ccc(OCCNC(=N)N)c(C(N)=O)c3)c2)c1. The predicted octanol–water partition coefficient (Wildman–Crippen LogP) is -2.94. The molecule has 35 N–H and O–H groups in total. The molecule has 0 heterocycles. The van der Waals surface area contributed by atoms with Gasteiger partial charge in [0.1, 0.15) is 54.3 Å². The van der Waals surface area contributed by atoms with Crippen molar-refractivity contribution in [2.45, 2.75) is 75.5 Å². The Morgan fingerprint density at radius 3 is 0.929 bits per heavy atom. The first-order chi connectivity index (χ1) is 47.1. The van der Waals surface area contributed by atoms with Gasteiger partial charge in [-0.25, -0.2) is 0 Å². The third-order valence-corrected chi connectivity index (χ3v) is 13.9. The number of carbonyl (C=O) groups is 8. The lowest BCUT2D eigenvalue weighted by Gasteiger charge is -2.22. The van der Waals surface area contributed by atoms with Gasteiger partial charge in [-0.15, -0.1) is 0 Å². The van der Waals surface area contributed by atoms with E-state index in [1.807, 2.05) is 0 Å². The quantitative estimate of drug-likeness (QED) is 0.0120. The molecular formula is C60H89N27O12. The molecule has 4 atom stereocenters. The first-order valence-electron chi connectivity index (χ1n) is 30.7. The molecular weight excluding hydrogens is 1290 g/mol. The van der Waals surface area contributed by atoms with E-state index < -0.39 is 71.4 Å². The summed E-state index contributed by atoms with van der Waals surface area (Å²) in [6.45, 7) is 0.586. The maximum atomic E-state index is 14.6. The largest absolute Gasteiger partial charge is 0.496 e. The van der Waals surface area contributed by atoms with Crippen molar-refractivity contribution in [2.24, 2.45) is 45.9 Å². The molecule has 0 spiro atoms. The molecule has 4 rings (SSSR count). The van der Waals surface area contributed by atoms with Crippen molar-refractivity contribution >= 4 is 106 Å². The summed E-state index contributed by atoms with van der Waals surface area (Å²) < 4.78 is 22.6. The van der Waals surface area contributed by atoms with Crippen molar-refractivity contribution in [3.05, 3.63) is 95.1 Å². The van der Waals surface area contributed by atoms with Crippen LogP contribution in [0.2, 0.25) is 0 Å². The monoisotopic (exact) mass is 1380 g/mol. The Hall–Kier alpha value is -12.6. The zero-order valence-electron chi connectivity index (χ0n) is 54.6. The molecule has 39 heteroatoms. The van der Waals surface area contributed by atoms with Crippen LogP contribution in [0.3, 0.4) is 0 Å². The van der Waals surface area contributed by atoms with Crippen LogP contribution < -0.4 is 134 Å². The topological polar surface area (TPSA) is 681 Å². The summed E-state index contributed by atoms with van der Waals surface area (Å²) >= 11 is 0. The highest BCUT2D eigenvalue weighted by Gasteiger charge is 2.29. The van der Waals surface area contributed by atoms with E-state index in [0.29, 0.717) is 13.0 Å². The van der Waals surface area contributed by atoms with E-state index in [1.165, 1.54) is 87.0 Å². The van der Waals surface area contributed by atoms with Crippen LogP contribution in [0.15, 0.2) is 72.8 Å². The fourth-order valence-electron chi connectivity index (χ4n) is 9.16. The Morgan fingerprint density at radius 2 is 0.626 bits per heavy atom. The number of anilines is 4. The molecule has 0 saturated carbocycles. The van der Waals surface area contributed by atoms with Crippen molar-refractivity contribution in [3.63, 3.8) is 0 Å². The van der Waals surface area contributed by atoms with Crippen LogP contribution >= 0.6 is 0 Å². The van der Waals surface area contributed by atoms with Crippen LogP contribution in [0.5, 0.6) is 23.0 Å². The van der Waals surface area contributed by atoms with Crippen LogP contribution in [-0.2, 0) is 19.2 Å². The number of rotatable bonds is 41. The lowest BCUT2D eigenvalue weighted by Crippen LogP contribution is -2.45. The summed E-state index contributed by atoms with van der Waals surface area (Å²) in [4.78, 5) is 112. The molecule has 99 heavy (non-hydrogen) atoms. The van der Waals surface area contributed by atoms with E-state index in [9.17, 15) is 38.4 Å². The maximum absolute atomic E-state index is 14.6. The van der Waals surface area contributed by atoms with Crippen LogP contribution in [0.4, 0.5) is 22.7 Å². The number of nitrogens with two attached hydrogens (primary N) is 8. The molecule has 536 valence electrons. The fourth-order valence-corrected chi connectivity index (χ4v) is 9.16. The number of primary amides is 1. The van der Waals surface area contributed by atoms with Crippen LogP contribution in [0.25, 0.3) is 0 Å². The smallest absolute Gasteiger partial charge is 0.255 e. The van der Waals surface area contributed by atoms with Crippen molar-refractivity contribution in [3.8, 4) is 23.0 Å². The molecule has 4 aromatic rings. The highest BCUT2D eigenvalue weighted by molar-refractivity contribution is 6.08. The van der Waals surface area contributed by atoms with Gasteiger partial charge in [-0.05, 0) is 124 Å². The highest BCUT2D eigenvalue weighted by Crippen LogP contribution is 2.28. The third-order valence-electron chi connectivity index (χ3n) is 13.9. The lowest BCUT2D eigenvalue weighted by atomic mass is 10.1. The van der Waals surface area contributed by atoms with Crippen molar-refractivity contribution in [2.75, 3.05) is 88.0 Å². The van der Waals surface area contributed by atoms with Crippen LogP contribution in [-0.4, -0.2) is 174 Å². The van der Waals surface area contributed by atoms with Gasteiger partial charge in [-0.3, -0.25) is 70.8 Å². The third kappa shape index (κ3) is 28.1. The van der Waals surface area contributed by atoms with Gasteiger partial charge in [0.15, 0.2) is 35.8 Å². The Labute approximate surface area is 568 Å². The van der Waals surface area contributed by atoms with Crippen molar-refractivity contribution in [1.29, 1.82) is 32.5 Å². The molecule has 0 aliphatic heterocycles. The standard InChI is InChI=1S/C60H89N27O12/c1-96-43-15-11-32(81-51(92)39(61)7-3-19-75-55(63)64)28-36(43)48(89)85-40(8-4-20-76-56(65)66)53(94)83-33-12-16-44(97-2)37(29-33)49(90)86-41(9-5-21-77-57(67)68)54(95)84-34-14-18-46(99-26-24-80-60(73)74)38(30-34)50(91)87-42(10-6-22-78-58(69)70)52(93)82-31-13-17-45(35(27-31)47(62)88)98-25-23-79-59(71)72/h11-18,27-30,39-42H,3-10,19-26,61H2,1-2H3,(H2,62,88)(H,81,92)(H,82,93)(H,83,94)(H,84,95)(H,85,89)(H,86,90)(H,87,91)(H4,63,64,75)(H4,65,66,76)(H4,67,68,77)(H4,69,70,78)(H4,71,72,79)(H4,73,74,80)/t39-,40-,41-,42-/m1/s1. The van der Waals surface area contributed by atoms with E-state index in [2.05, 4.69) is 69.1 Å². The Bertz CT molecular complexity index is 3570. The van der Waals surface area contributed by atoms with Gasteiger partial charge in [0.25, 0.3) is 23.6 Å². The van der Waals surface area contributed by atoms with E-state index >= 15 is 0 Å². The van der Waals surface area contributed by atoms with Gasteiger partial charge in [-0.2, -0.15) is 0 Å². The maximum Gasteiger partial charge on any atom is 0.255 e. The minimum absolute atomic E-state index is 0.00515. The summed E-state index contributed by atoms with van der Waals surface area (Å²) in [5.41, 5.74) is 44.1. The number of benzene rings is 4. The number of carbonyl (C=O) groups excluding carboxylic acids is 8. The summed E-state index contributed by atoms with van der Waals surface area (Å²) in [6, 6.07) is 11.3. The molecule has 0 radical (unpaired) electrons. The molecule has 0 fully saturated rings. The van der Waals surface area contributed by atoms with E-state index in [4.69, 9.17) is 97.3 Å². The summed E-state index contributed by atoms with van der Waals surface area (Å²) in [6.07, 6.45) is 0.994. The minimum Gasteiger partial charge on any atom is -0.496 e. The lowest BCUT2D eigenvalue weighted by molar-refractivity contribution is -0.118. The van der Waals surface area contributed by atoms with Gasteiger partial charge in [0, 0.05) is 48.9 Å². The van der Waals surface area contributed by atoms with E-state index in [-0.39, 0.29) is 195 Å². The summed E-state index contributed by atoms with van der Waals surface area (Å²) in [5, 5.41) is 79.6. The first kappa shape index (κ1) is 78.9. The van der Waals surface area contributed by atoms with Gasteiger partial charge in [0.2, 0.25) is 23.6 Å². The average molecular weight is 1380 g/mol. The Balaban J connectivity index is 1.65. The zero-order valence-corrected chi connectivity index (χ0v) is 54.6. The van der Waals surface area contributed by atoms with Gasteiger partial charge in [0.05, 0.1) is 55.6 Å². The van der Waals surface area contributed by atoms with Gasteiger partial charge >= 0.3 is 0 Å². The van der Waals surface area contributed by atoms with Gasteiger partial charge in [-0.1, -0.05) is 0 Å². The van der Waals surface area contributed by atoms with Gasteiger partial charge < -0.3 is 134 Å². The number of guanidine groups is 6. The predicted molar refractivity (Wildman–Crippen MR) is 371 cm³/mol. The van der Waals surface area contributed by atoms with Crippen molar-refractivity contribution < 1.29 is 57.3 Å². The second-order valence-electron chi connectivity index (χ2n) is 21.6. The molecule has 0 saturated heterocycles. The fraction of sp³-hybridized carbons (Fsp3) is 0.367.